The maximum atomic E-state index is 11.9. The van der Waals surface area contributed by atoms with Crippen LogP contribution in [0.4, 0.5) is 4.79 Å². The third kappa shape index (κ3) is 4.08. The predicted octanol–water partition coefficient (Wildman–Crippen LogP) is 0.487. The van der Waals surface area contributed by atoms with Crippen LogP contribution in [0.25, 0.3) is 0 Å². The van der Waals surface area contributed by atoms with Crippen molar-refractivity contribution in [2.75, 3.05) is 19.8 Å². The highest BCUT2D eigenvalue weighted by Crippen LogP contribution is 2.20. The number of carboxylic acids is 1. The minimum Gasteiger partial charge on any atom is -0.479 e. The van der Waals surface area contributed by atoms with Gasteiger partial charge in [0.2, 0.25) is 0 Å². The number of ether oxygens (including phenoxy) is 2. The average molecular weight is 286 g/mol. The zero-order valence-corrected chi connectivity index (χ0v) is 11.7. The minimum absolute atomic E-state index is 0.218. The highest BCUT2D eigenvalue weighted by atomic mass is 16.5. The highest BCUT2D eigenvalue weighted by Gasteiger charge is 2.32. The Bertz CT molecular complexity index is 368. The quantitative estimate of drug-likeness (QED) is 0.698. The second-order valence-electron chi connectivity index (χ2n) is 5.67. The fraction of sp³-hybridized carbons (Fsp3) is 0.846. The van der Waals surface area contributed by atoms with Crippen molar-refractivity contribution in [3.8, 4) is 0 Å². The topological polar surface area (TPSA) is 96.9 Å². The lowest BCUT2D eigenvalue weighted by molar-refractivity contribution is -0.149. The molecule has 2 amide bonds. The molecule has 2 rings (SSSR count). The summed E-state index contributed by atoms with van der Waals surface area (Å²) in [6, 6.07) is -0.239. The monoisotopic (exact) mass is 286 g/mol. The van der Waals surface area contributed by atoms with E-state index >= 15 is 0 Å². The van der Waals surface area contributed by atoms with Crippen LogP contribution in [0.2, 0.25) is 0 Å². The zero-order valence-electron chi connectivity index (χ0n) is 11.7. The molecule has 0 bridgehead atoms. The number of hydrogen-bond donors (Lipinski definition) is 3. The van der Waals surface area contributed by atoms with Gasteiger partial charge in [-0.1, -0.05) is 0 Å². The molecular formula is C13H22N2O5. The number of carboxylic acid groups (broad SMARTS) is 1. The fourth-order valence-electron chi connectivity index (χ4n) is 2.51. The SMILES string of the molecule is CC1(NC(=O)NCC2CCC(C(=O)O)O2)CCOCC1. The average Bonchev–Trinajstić information content (AvgIpc) is 2.85. The number of aliphatic carboxylic acids is 1. The molecule has 0 spiro atoms. The zero-order chi connectivity index (χ0) is 14.6. The van der Waals surface area contributed by atoms with Gasteiger partial charge in [-0.15, -0.1) is 0 Å². The maximum absolute atomic E-state index is 11.9. The molecule has 7 heteroatoms. The molecule has 2 atom stereocenters. The Labute approximate surface area is 118 Å². The molecule has 114 valence electrons. The van der Waals surface area contributed by atoms with Crippen molar-refractivity contribution in [1.29, 1.82) is 0 Å². The summed E-state index contributed by atoms with van der Waals surface area (Å²) in [5.74, 6) is -0.938. The number of amides is 2. The van der Waals surface area contributed by atoms with Crippen LogP contribution in [-0.4, -0.2) is 54.6 Å². The standard InChI is InChI=1S/C13H22N2O5/c1-13(4-6-19-7-5-13)15-12(18)14-8-9-2-3-10(20-9)11(16)17/h9-10H,2-8H2,1H3,(H,16,17)(H2,14,15,18). The van der Waals surface area contributed by atoms with Gasteiger partial charge in [0.15, 0.2) is 6.10 Å². The molecule has 20 heavy (non-hydrogen) atoms. The van der Waals surface area contributed by atoms with Gasteiger partial charge in [0, 0.05) is 25.3 Å². The van der Waals surface area contributed by atoms with Crippen LogP contribution in [-0.2, 0) is 14.3 Å². The van der Waals surface area contributed by atoms with Crippen LogP contribution in [0, 0.1) is 0 Å². The van der Waals surface area contributed by atoms with Crippen LogP contribution in [0.1, 0.15) is 32.6 Å². The van der Waals surface area contributed by atoms with Crippen LogP contribution in [0.5, 0.6) is 0 Å². The molecule has 0 aromatic heterocycles. The predicted molar refractivity (Wildman–Crippen MR) is 70.5 cm³/mol. The van der Waals surface area contributed by atoms with E-state index in [1.54, 1.807) is 0 Å². The van der Waals surface area contributed by atoms with Crippen molar-refractivity contribution in [1.82, 2.24) is 10.6 Å². The van der Waals surface area contributed by atoms with Crippen LogP contribution >= 0.6 is 0 Å². The molecular weight excluding hydrogens is 264 g/mol. The van der Waals surface area contributed by atoms with Gasteiger partial charge in [-0.05, 0) is 32.6 Å². The Hall–Kier alpha value is -1.34. The van der Waals surface area contributed by atoms with E-state index < -0.39 is 12.1 Å². The van der Waals surface area contributed by atoms with Gasteiger partial charge in [-0.3, -0.25) is 0 Å². The number of carbonyl (C=O) groups excluding carboxylic acids is 1. The van der Waals surface area contributed by atoms with E-state index in [2.05, 4.69) is 10.6 Å². The summed E-state index contributed by atoms with van der Waals surface area (Å²) in [5, 5.41) is 14.5. The summed E-state index contributed by atoms with van der Waals surface area (Å²) in [5.41, 5.74) is -0.234. The first-order valence-corrected chi connectivity index (χ1v) is 7.00. The Morgan fingerprint density at radius 3 is 2.60 bits per heavy atom. The van der Waals surface area contributed by atoms with Gasteiger partial charge >= 0.3 is 12.0 Å². The molecule has 3 N–H and O–H groups in total. The third-order valence-corrected chi connectivity index (χ3v) is 3.88. The Morgan fingerprint density at radius 1 is 1.30 bits per heavy atom. The largest absolute Gasteiger partial charge is 0.479 e. The molecule has 0 radical (unpaired) electrons. The fourth-order valence-corrected chi connectivity index (χ4v) is 2.51. The number of hydrogen-bond acceptors (Lipinski definition) is 4. The lowest BCUT2D eigenvalue weighted by Gasteiger charge is -2.34. The third-order valence-electron chi connectivity index (χ3n) is 3.88. The van der Waals surface area contributed by atoms with E-state index in [0.29, 0.717) is 32.6 Å². The van der Waals surface area contributed by atoms with Crippen molar-refractivity contribution >= 4 is 12.0 Å². The highest BCUT2D eigenvalue weighted by molar-refractivity contribution is 5.75. The lowest BCUT2D eigenvalue weighted by atomic mass is 9.93. The van der Waals surface area contributed by atoms with Gasteiger partial charge in [-0.25, -0.2) is 9.59 Å². The molecule has 0 aliphatic carbocycles. The summed E-state index contributed by atoms with van der Waals surface area (Å²) >= 11 is 0. The van der Waals surface area contributed by atoms with E-state index in [9.17, 15) is 9.59 Å². The number of rotatable bonds is 4. The second kappa shape index (κ2) is 6.41. The number of urea groups is 1. The molecule has 0 aromatic carbocycles. The normalized spacial score (nSPS) is 28.9. The smallest absolute Gasteiger partial charge is 0.332 e. The van der Waals surface area contributed by atoms with Crippen LogP contribution < -0.4 is 10.6 Å². The van der Waals surface area contributed by atoms with E-state index in [1.165, 1.54) is 0 Å². The van der Waals surface area contributed by atoms with Crippen molar-refractivity contribution < 1.29 is 24.2 Å². The molecule has 7 nitrogen and oxygen atoms in total. The van der Waals surface area contributed by atoms with E-state index in [-0.39, 0.29) is 17.7 Å². The van der Waals surface area contributed by atoms with E-state index in [1.807, 2.05) is 6.92 Å². The Morgan fingerprint density at radius 2 is 2.00 bits per heavy atom. The summed E-state index contributed by atoms with van der Waals surface area (Å²) in [4.78, 5) is 22.6. The van der Waals surface area contributed by atoms with E-state index in [4.69, 9.17) is 14.6 Å². The van der Waals surface area contributed by atoms with Gasteiger partial charge in [-0.2, -0.15) is 0 Å². The Kier molecular flexibility index (Phi) is 4.82. The lowest BCUT2D eigenvalue weighted by Crippen LogP contribution is -2.53. The summed E-state index contributed by atoms with van der Waals surface area (Å²) in [6.45, 7) is 3.65. The molecule has 0 saturated carbocycles. The minimum atomic E-state index is -0.938. The molecule has 2 aliphatic heterocycles. The van der Waals surface area contributed by atoms with Gasteiger partial charge in [0.1, 0.15) is 0 Å². The molecule has 2 aliphatic rings. The van der Waals surface area contributed by atoms with Crippen molar-refractivity contribution in [3.63, 3.8) is 0 Å². The first-order chi connectivity index (χ1) is 9.48. The van der Waals surface area contributed by atoms with Gasteiger partial charge < -0.3 is 25.2 Å². The first-order valence-electron chi connectivity index (χ1n) is 7.00. The molecule has 2 fully saturated rings. The van der Waals surface area contributed by atoms with Crippen molar-refractivity contribution in [2.24, 2.45) is 0 Å². The number of nitrogens with one attached hydrogen (secondary N) is 2. The molecule has 0 aromatic rings. The second-order valence-corrected chi connectivity index (χ2v) is 5.67. The molecule has 2 heterocycles. The van der Waals surface area contributed by atoms with Crippen LogP contribution in [0.3, 0.4) is 0 Å². The van der Waals surface area contributed by atoms with Gasteiger partial charge in [0.25, 0.3) is 0 Å². The maximum Gasteiger partial charge on any atom is 0.332 e. The molecule has 2 saturated heterocycles. The van der Waals surface area contributed by atoms with Crippen LogP contribution in [0.15, 0.2) is 0 Å². The Balaban J connectivity index is 1.69. The summed E-state index contributed by atoms with van der Waals surface area (Å²) in [6.07, 6.45) is 1.78. The van der Waals surface area contributed by atoms with Gasteiger partial charge in [0.05, 0.1) is 6.10 Å². The number of carbonyl (C=O) groups is 2. The summed E-state index contributed by atoms with van der Waals surface area (Å²) in [7, 11) is 0. The molecule has 2 unspecified atom stereocenters. The summed E-state index contributed by atoms with van der Waals surface area (Å²) < 4.78 is 10.6. The first kappa shape index (κ1) is 15.1. The van der Waals surface area contributed by atoms with Crippen molar-refractivity contribution in [2.45, 2.75) is 50.4 Å². The van der Waals surface area contributed by atoms with E-state index in [0.717, 1.165) is 12.8 Å². The van der Waals surface area contributed by atoms with Crippen molar-refractivity contribution in [3.05, 3.63) is 0 Å².